The normalized spacial score (nSPS) is 18.0. The quantitative estimate of drug-likeness (QED) is 0.884. The summed E-state index contributed by atoms with van der Waals surface area (Å²) in [7, 11) is 0. The highest BCUT2D eigenvalue weighted by molar-refractivity contribution is 7.10. The Bertz CT molecular complexity index is 556. The highest BCUT2D eigenvalue weighted by atomic mass is 32.1. The van der Waals surface area contributed by atoms with Gasteiger partial charge in [0.15, 0.2) is 0 Å². The predicted octanol–water partition coefficient (Wildman–Crippen LogP) is 2.05. The van der Waals surface area contributed by atoms with Crippen LogP contribution in [-0.2, 0) is 14.9 Å². The van der Waals surface area contributed by atoms with E-state index in [0.717, 1.165) is 5.01 Å². The second kappa shape index (κ2) is 6.34. The maximum absolute atomic E-state index is 12.2. The molecular weight excluding hydrogens is 304 g/mol. The molecule has 2 rings (SSSR count). The zero-order valence-electron chi connectivity index (χ0n) is 13.1. The molecule has 1 aliphatic heterocycles. The molecule has 7 heteroatoms. The van der Waals surface area contributed by atoms with E-state index in [1.54, 1.807) is 5.38 Å². The Hall–Kier alpha value is -1.47. The lowest BCUT2D eigenvalue weighted by molar-refractivity contribution is -0.154. The van der Waals surface area contributed by atoms with Gasteiger partial charge in [0.25, 0.3) is 5.91 Å². The Morgan fingerprint density at radius 2 is 2.05 bits per heavy atom. The molecule has 0 aliphatic carbocycles. The van der Waals surface area contributed by atoms with Crippen LogP contribution in [0.25, 0.3) is 0 Å². The van der Waals surface area contributed by atoms with Crippen molar-refractivity contribution in [3.05, 3.63) is 16.1 Å². The van der Waals surface area contributed by atoms with E-state index in [1.807, 2.05) is 20.8 Å². The van der Waals surface area contributed by atoms with Crippen LogP contribution in [-0.4, -0.2) is 41.7 Å². The number of hydrogen-bond acceptors (Lipinski definition) is 5. The molecule has 0 radical (unpaired) electrons. The minimum atomic E-state index is -0.934. The summed E-state index contributed by atoms with van der Waals surface area (Å²) >= 11 is 1.44. The maximum Gasteiger partial charge on any atom is 0.311 e. The molecule has 1 aliphatic rings. The van der Waals surface area contributed by atoms with Crippen LogP contribution < -0.4 is 5.32 Å². The number of thiazole rings is 1. The van der Waals surface area contributed by atoms with Crippen LogP contribution in [0.15, 0.2) is 5.38 Å². The van der Waals surface area contributed by atoms with E-state index in [1.165, 1.54) is 11.3 Å². The first kappa shape index (κ1) is 16.9. The summed E-state index contributed by atoms with van der Waals surface area (Å²) in [6.07, 6.45) is 0.819. The van der Waals surface area contributed by atoms with Gasteiger partial charge in [-0.15, -0.1) is 11.3 Å². The summed E-state index contributed by atoms with van der Waals surface area (Å²) in [5.74, 6) is -1.20. The van der Waals surface area contributed by atoms with Crippen LogP contribution in [0.1, 0.15) is 49.1 Å². The number of aromatic nitrogens is 1. The third-order valence-corrected chi connectivity index (χ3v) is 5.14. The molecule has 2 heterocycles. The molecule has 1 aromatic heterocycles. The molecule has 1 amide bonds. The molecule has 1 saturated heterocycles. The van der Waals surface area contributed by atoms with Crippen LogP contribution in [0, 0.1) is 5.41 Å². The molecule has 0 saturated carbocycles. The summed E-state index contributed by atoms with van der Waals surface area (Å²) in [5, 5.41) is 14.8. The molecule has 0 bridgehead atoms. The fourth-order valence-corrected chi connectivity index (χ4v) is 3.18. The Morgan fingerprint density at radius 1 is 1.41 bits per heavy atom. The smallest absolute Gasteiger partial charge is 0.311 e. The molecule has 22 heavy (non-hydrogen) atoms. The van der Waals surface area contributed by atoms with Crippen molar-refractivity contribution in [2.45, 2.75) is 39.0 Å². The van der Waals surface area contributed by atoms with Gasteiger partial charge in [-0.2, -0.15) is 0 Å². The summed E-state index contributed by atoms with van der Waals surface area (Å²) in [6.45, 7) is 7.03. The number of nitrogens with zero attached hydrogens (tertiary/aromatic N) is 1. The number of aliphatic carboxylic acids is 1. The van der Waals surface area contributed by atoms with Crippen molar-refractivity contribution in [1.82, 2.24) is 10.3 Å². The Balaban J connectivity index is 2.02. The van der Waals surface area contributed by atoms with Gasteiger partial charge < -0.3 is 15.2 Å². The average molecular weight is 326 g/mol. The van der Waals surface area contributed by atoms with Crippen LogP contribution in [0.3, 0.4) is 0 Å². The minimum absolute atomic E-state index is 0.104. The number of carbonyl (C=O) groups is 2. The highest BCUT2D eigenvalue weighted by Gasteiger charge is 2.40. The Labute approximate surface area is 133 Å². The number of nitrogens with one attached hydrogen (secondary N) is 1. The zero-order valence-corrected chi connectivity index (χ0v) is 14.0. The highest BCUT2D eigenvalue weighted by Crippen LogP contribution is 2.30. The number of carboxylic acid groups (broad SMARTS) is 1. The summed E-state index contributed by atoms with van der Waals surface area (Å²) in [6, 6.07) is 0. The van der Waals surface area contributed by atoms with Crippen molar-refractivity contribution in [3.63, 3.8) is 0 Å². The molecule has 0 unspecified atom stereocenters. The number of hydrogen-bond donors (Lipinski definition) is 2. The maximum atomic E-state index is 12.2. The second-order valence-corrected chi connectivity index (χ2v) is 7.53. The summed E-state index contributed by atoms with van der Waals surface area (Å²) in [5.41, 5.74) is -0.689. The van der Waals surface area contributed by atoms with Crippen molar-refractivity contribution >= 4 is 23.2 Å². The number of ether oxygens (including phenoxy) is 1. The molecule has 2 N–H and O–H groups in total. The monoisotopic (exact) mass is 326 g/mol. The van der Waals surface area contributed by atoms with Gasteiger partial charge in [0, 0.05) is 30.6 Å². The minimum Gasteiger partial charge on any atom is -0.481 e. The Morgan fingerprint density at radius 3 is 2.55 bits per heavy atom. The number of rotatable bonds is 4. The third-order valence-electron chi connectivity index (χ3n) is 3.87. The van der Waals surface area contributed by atoms with Gasteiger partial charge >= 0.3 is 5.97 Å². The van der Waals surface area contributed by atoms with Crippen LogP contribution >= 0.6 is 11.3 Å². The van der Waals surface area contributed by atoms with Crippen molar-refractivity contribution in [3.8, 4) is 0 Å². The molecule has 122 valence electrons. The lowest BCUT2D eigenvalue weighted by Gasteiger charge is -2.32. The van der Waals surface area contributed by atoms with Crippen LogP contribution in [0.2, 0.25) is 0 Å². The zero-order chi connectivity index (χ0) is 16.4. The topological polar surface area (TPSA) is 88.5 Å². The van der Waals surface area contributed by atoms with E-state index in [2.05, 4.69) is 10.3 Å². The van der Waals surface area contributed by atoms with E-state index in [9.17, 15) is 14.7 Å². The van der Waals surface area contributed by atoms with Gasteiger partial charge in [0.1, 0.15) is 5.69 Å². The molecule has 0 spiro atoms. The summed E-state index contributed by atoms with van der Waals surface area (Å²) in [4.78, 5) is 28.1. The van der Waals surface area contributed by atoms with Crippen molar-refractivity contribution in [1.29, 1.82) is 0 Å². The van der Waals surface area contributed by atoms with E-state index >= 15 is 0 Å². The Kier molecular flexibility index (Phi) is 4.87. The fraction of sp³-hybridized carbons (Fsp3) is 0.667. The largest absolute Gasteiger partial charge is 0.481 e. The number of carboxylic acids is 1. The van der Waals surface area contributed by atoms with E-state index in [0.29, 0.717) is 31.7 Å². The van der Waals surface area contributed by atoms with Crippen molar-refractivity contribution < 1.29 is 19.4 Å². The molecule has 1 aromatic rings. The molecule has 1 fully saturated rings. The molecule has 6 nitrogen and oxygen atoms in total. The number of amides is 1. The first-order valence-electron chi connectivity index (χ1n) is 7.30. The lowest BCUT2D eigenvalue weighted by Crippen LogP contribution is -2.46. The van der Waals surface area contributed by atoms with Crippen LogP contribution in [0.5, 0.6) is 0 Å². The number of carbonyl (C=O) groups excluding carboxylic acids is 1. The first-order valence-corrected chi connectivity index (χ1v) is 8.18. The van der Waals surface area contributed by atoms with Gasteiger partial charge in [-0.1, -0.05) is 20.8 Å². The van der Waals surface area contributed by atoms with Gasteiger partial charge in [-0.3, -0.25) is 9.59 Å². The van der Waals surface area contributed by atoms with Gasteiger partial charge in [0.2, 0.25) is 0 Å². The predicted molar refractivity (Wildman–Crippen MR) is 83.3 cm³/mol. The third kappa shape index (κ3) is 3.64. The van der Waals surface area contributed by atoms with Crippen molar-refractivity contribution in [2.75, 3.05) is 19.8 Å². The SMILES string of the molecule is CC(C)(C)c1nc(C(=O)NCC2(C(=O)O)CCOCC2)cs1. The lowest BCUT2D eigenvalue weighted by atomic mass is 9.80. The second-order valence-electron chi connectivity index (χ2n) is 6.67. The molecule has 0 atom stereocenters. The van der Waals surface area contributed by atoms with E-state index < -0.39 is 11.4 Å². The standard InChI is InChI=1S/C15H22N2O4S/c1-14(2,3)12-17-10(8-22-12)11(18)16-9-15(13(19)20)4-6-21-7-5-15/h8H,4-7,9H2,1-3H3,(H,16,18)(H,19,20). The fourth-order valence-electron chi connectivity index (χ4n) is 2.29. The molecular formula is C15H22N2O4S. The summed E-state index contributed by atoms with van der Waals surface area (Å²) < 4.78 is 5.22. The van der Waals surface area contributed by atoms with Crippen molar-refractivity contribution in [2.24, 2.45) is 5.41 Å². The first-order chi connectivity index (χ1) is 10.2. The van der Waals surface area contributed by atoms with Gasteiger partial charge in [-0.25, -0.2) is 4.98 Å². The van der Waals surface area contributed by atoms with Gasteiger partial charge in [-0.05, 0) is 12.8 Å². The van der Waals surface area contributed by atoms with E-state index in [4.69, 9.17) is 4.74 Å². The van der Waals surface area contributed by atoms with Gasteiger partial charge in [0.05, 0.1) is 10.4 Å². The average Bonchev–Trinajstić information content (AvgIpc) is 2.95. The van der Waals surface area contributed by atoms with E-state index in [-0.39, 0.29) is 17.9 Å². The molecule has 0 aromatic carbocycles. The van der Waals surface area contributed by atoms with Crippen LogP contribution in [0.4, 0.5) is 0 Å².